The minimum atomic E-state index is -0.0458. The molecule has 110 valence electrons. The first kappa shape index (κ1) is 14.8. The number of aromatic nitrogens is 1. The van der Waals surface area contributed by atoms with E-state index < -0.39 is 0 Å². The van der Waals surface area contributed by atoms with Crippen LogP contribution < -0.4 is 10.1 Å². The van der Waals surface area contributed by atoms with Gasteiger partial charge in [-0.3, -0.25) is 4.79 Å². The highest BCUT2D eigenvalue weighted by Gasteiger charge is 2.24. The number of nitrogens with one attached hydrogen (secondary N) is 1. The van der Waals surface area contributed by atoms with Gasteiger partial charge in [-0.25, -0.2) is 4.98 Å². The highest BCUT2D eigenvalue weighted by molar-refractivity contribution is 5.94. The van der Waals surface area contributed by atoms with E-state index in [0.29, 0.717) is 17.5 Å². The summed E-state index contributed by atoms with van der Waals surface area (Å²) >= 11 is 0. The van der Waals surface area contributed by atoms with E-state index in [9.17, 15) is 4.79 Å². The van der Waals surface area contributed by atoms with E-state index in [1.54, 1.807) is 19.2 Å². The maximum atomic E-state index is 12.3. The molecule has 1 fully saturated rings. The predicted octanol–water partition coefficient (Wildman–Crippen LogP) is 1.61. The molecule has 2 heterocycles. The quantitative estimate of drug-likeness (QED) is 0.912. The number of carbonyl (C=O) groups is 1. The van der Waals surface area contributed by atoms with Crippen LogP contribution in [0.2, 0.25) is 0 Å². The number of nitrogens with zero attached hydrogens (tertiary/aromatic N) is 2. The fourth-order valence-corrected chi connectivity index (χ4v) is 2.56. The molecule has 1 aromatic rings. The Morgan fingerprint density at radius 1 is 1.50 bits per heavy atom. The Balaban J connectivity index is 2.03. The summed E-state index contributed by atoms with van der Waals surface area (Å²) in [6, 6.07) is 4.22. The molecule has 20 heavy (non-hydrogen) atoms. The van der Waals surface area contributed by atoms with Gasteiger partial charge in [-0.15, -0.1) is 0 Å². The zero-order valence-corrected chi connectivity index (χ0v) is 12.6. The molecule has 2 atom stereocenters. The van der Waals surface area contributed by atoms with E-state index in [1.807, 2.05) is 6.92 Å². The van der Waals surface area contributed by atoms with E-state index in [4.69, 9.17) is 4.74 Å². The average Bonchev–Trinajstić information content (AvgIpc) is 2.42. The van der Waals surface area contributed by atoms with Crippen molar-refractivity contribution in [1.29, 1.82) is 0 Å². The molecule has 0 aliphatic carbocycles. The number of hydrogen-bond donors (Lipinski definition) is 1. The van der Waals surface area contributed by atoms with E-state index in [-0.39, 0.29) is 11.9 Å². The zero-order valence-electron chi connectivity index (χ0n) is 12.6. The van der Waals surface area contributed by atoms with Gasteiger partial charge in [0.15, 0.2) is 0 Å². The normalized spacial score (nSPS) is 23.4. The molecular formula is C15H23N3O2. The molecule has 1 aliphatic heterocycles. The van der Waals surface area contributed by atoms with Crippen molar-refractivity contribution in [2.45, 2.75) is 38.8 Å². The number of rotatable bonds is 3. The molecule has 5 heteroatoms. The maximum absolute atomic E-state index is 12.3. The largest absolute Gasteiger partial charge is 0.481 e. The summed E-state index contributed by atoms with van der Waals surface area (Å²) in [4.78, 5) is 18.8. The van der Waals surface area contributed by atoms with E-state index in [1.165, 1.54) is 0 Å². The molecule has 0 radical (unpaired) electrons. The van der Waals surface area contributed by atoms with Crippen LogP contribution in [0.5, 0.6) is 5.88 Å². The first-order valence-electron chi connectivity index (χ1n) is 7.03. The van der Waals surface area contributed by atoms with Gasteiger partial charge in [-0.05, 0) is 39.8 Å². The van der Waals surface area contributed by atoms with Crippen molar-refractivity contribution in [3.63, 3.8) is 0 Å². The summed E-state index contributed by atoms with van der Waals surface area (Å²) < 4.78 is 5.11. The van der Waals surface area contributed by atoms with Crippen molar-refractivity contribution in [2.75, 3.05) is 20.7 Å². The number of methoxy groups -OCH3 is 1. The van der Waals surface area contributed by atoms with Gasteiger partial charge < -0.3 is 15.0 Å². The Kier molecular flexibility index (Phi) is 4.60. The molecule has 2 rings (SSSR count). The number of pyridine rings is 1. The fourth-order valence-electron chi connectivity index (χ4n) is 2.56. The smallest absolute Gasteiger partial charge is 0.251 e. The minimum absolute atomic E-state index is 0.0458. The number of amides is 1. The van der Waals surface area contributed by atoms with E-state index in [0.717, 1.165) is 25.1 Å². The fraction of sp³-hybridized carbons (Fsp3) is 0.600. The van der Waals surface area contributed by atoms with Crippen molar-refractivity contribution in [3.05, 3.63) is 23.4 Å². The third kappa shape index (κ3) is 3.48. The number of aryl methyl sites for hydroxylation is 1. The molecule has 0 aromatic carbocycles. The van der Waals surface area contributed by atoms with E-state index >= 15 is 0 Å². The Hall–Kier alpha value is -1.62. The zero-order chi connectivity index (χ0) is 14.7. The van der Waals surface area contributed by atoms with Crippen molar-refractivity contribution in [2.24, 2.45) is 0 Å². The number of ether oxygens (including phenoxy) is 1. The van der Waals surface area contributed by atoms with Crippen molar-refractivity contribution in [1.82, 2.24) is 15.2 Å². The second-order valence-electron chi connectivity index (χ2n) is 5.56. The third-order valence-corrected chi connectivity index (χ3v) is 3.94. The molecule has 0 saturated carbocycles. The van der Waals surface area contributed by atoms with E-state index in [2.05, 4.69) is 29.2 Å². The Labute approximate surface area is 120 Å². The lowest BCUT2D eigenvalue weighted by Gasteiger charge is -2.35. The van der Waals surface area contributed by atoms with Crippen LogP contribution in [0.3, 0.4) is 0 Å². The van der Waals surface area contributed by atoms with Crippen molar-refractivity contribution < 1.29 is 9.53 Å². The highest BCUT2D eigenvalue weighted by atomic mass is 16.5. The highest BCUT2D eigenvalue weighted by Crippen LogP contribution is 2.17. The summed E-state index contributed by atoms with van der Waals surface area (Å²) in [5.74, 6) is 0.433. The van der Waals surface area contributed by atoms with Gasteiger partial charge in [0.05, 0.1) is 7.11 Å². The molecule has 5 nitrogen and oxygen atoms in total. The van der Waals surface area contributed by atoms with Gasteiger partial charge in [0.2, 0.25) is 5.88 Å². The van der Waals surface area contributed by atoms with Crippen LogP contribution >= 0.6 is 0 Å². The van der Waals surface area contributed by atoms with Gasteiger partial charge >= 0.3 is 0 Å². The van der Waals surface area contributed by atoms with Crippen LogP contribution in [0.25, 0.3) is 0 Å². The van der Waals surface area contributed by atoms with Crippen molar-refractivity contribution >= 4 is 5.91 Å². The van der Waals surface area contributed by atoms with Crippen LogP contribution in [0.15, 0.2) is 12.1 Å². The summed E-state index contributed by atoms with van der Waals surface area (Å²) in [5.41, 5.74) is 1.40. The van der Waals surface area contributed by atoms with Gasteiger partial charge in [0, 0.05) is 36.0 Å². The number of likely N-dealkylation sites (tertiary alicyclic amines) is 1. The molecule has 1 amide bonds. The molecule has 1 N–H and O–H groups in total. The topological polar surface area (TPSA) is 54.5 Å². The monoisotopic (exact) mass is 277 g/mol. The second kappa shape index (κ2) is 6.22. The third-order valence-electron chi connectivity index (χ3n) is 3.94. The van der Waals surface area contributed by atoms with Crippen LogP contribution in [-0.2, 0) is 0 Å². The maximum Gasteiger partial charge on any atom is 0.251 e. The van der Waals surface area contributed by atoms with Crippen LogP contribution in [0.4, 0.5) is 0 Å². The SMILES string of the molecule is COc1cc(C(=O)NC2CCN(C)C(C)C2)cc(C)n1. The summed E-state index contributed by atoms with van der Waals surface area (Å²) in [7, 11) is 3.68. The lowest BCUT2D eigenvalue weighted by Crippen LogP contribution is -2.47. The minimum Gasteiger partial charge on any atom is -0.481 e. The lowest BCUT2D eigenvalue weighted by atomic mass is 9.98. The lowest BCUT2D eigenvalue weighted by molar-refractivity contribution is 0.0896. The molecule has 0 bridgehead atoms. The van der Waals surface area contributed by atoms with Crippen LogP contribution in [0.1, 0.15) is 35.8 Å². The van der Waals surface area contributed by atoms with Gasteiger partial charge in [0.25, 0.3) is 5.91 Å². The number of hydrogen-bond acceptors (Lipinski definition) is 4. The Morgan fingerprint density at radius 2 is 2.25 bits per heavy atom. The number of piperidine rings is 1. The molecule has 1 aliphatic rings. The molecule has 1 aromatic heterocycles. The van der Waals surface area contributed by atoms with Crippen LogP contribution in [0, 0.1) is 6.92 Å². The second-order valence-corrected chi connectivity index (χ2v) is 5.56. The van der Waals surface area contributed by atoms with Crippen molar-refractivity contribution in [3.8, 4) is 5.88 Å². The molecule has 1 saturated heterocycles. The molecule has 0 spiro atoms. The summed E-state index contributed by atoms with van der Waals surface area (Å²) in [6.45, 7) is 5.07. The Bertz CT molecular complexity index is 490. The number of carbonyl (C=O) groups excluding carboxylic acids is 1. The van der Waals surface area contributed by atoms with Gasteiger partial charge in [-0.2, -0.15) is 0 Å². The average molecular weight is 277 g/mol. The first-order chi connectivity index (χ1) is 9.49. The van der Waals surface area contributed by atoms with Gasteiger partial charge in [0.1, 0.15) is 0 Å². The van der Waals surface area contributed by atoms with Gasteiger partial charge in [-0.1, -0.05) is 0 Å². The summed E-state index contributed by atoms with van der Waals surface area (Å²) in [6.07, 6.45) is 1.98. The molecule has 2 unspecified atom stereocenters. The standard InChI is InChI=1S/C15H23N3O2/c1-10-7-12(9-14(16-10)20-4)15(19)17-13-5-6-18(3)11(2)8-13/h7,9,11,13H,5-6,8H2,1-4H3,(H,17,19). The predicted molar refractivity (Wildman–Crippen MR) is 78.1 cm³/mol. The Morgan fingerprint density at radius 3 is 2.90 bits per heavy atom. The van der Waals surface area contributed by atoms with Crippen LogP contribution in [-0.4, -0.2) is 48.6 Å². The first-order valence-corrected chi connectivity index (χ1v) is 7.03. The molecular weight excluding hydrogens is 254 g/mol. The summed E-state index contributed by atoms with van der Waals surface area (Å²) in [5, 5.41) is 3.12.